The van der Waals surface area contributed by atoms with Crippen molar-refractivity contribution in [1.82, 2.24) is 10.6 Å². The normalized spacial score (nSPS) is 19.7. The van der Waals surface area contributed by atoms with Crippen LogP contribution in [0.5, 0.6) is 0 Å². The van der Waals surface area contributed by atoms with Gasteiger partial charge >= 0.3 is 0 Å². The molecule has 0 saturated carbocycles. The molecule has 1 unspecified atom stereocenters. The zero-order valence-electron chi connectivity index (χ0n) is 11.8. The molecule has 108 valence electrons. The van der Waals surface area contributed by atoms with E-state index in [1.165, 1.54) is 0 Å². The van der Waals surface area contributed by atoms with Crippen LogP contribution in [-0.2, 0) is 9.53 Å². The van der Waals surface area contributed by atoms with Crippen LogP contribution in [-0.4, -0.2) is 39.3 Å². The molecule has 1 amide bonds. The van der Waals surface area contributed by atoms with E-state index in [9.17, 15) is 4.79 Å². The van der Waals surface area contributed by atoms with Crippen molar-refractivity contribution >= 4 is 18.3 Å². The van der Waals surface area contributed by atoms with Gasteiger partial charge in [0.05, 0.1) is 6.61 Å². The van der Waals surface area contributed by atoms with Gasteiger partial charge in [0.15, 0.2) is 0 Å². The van der Waals surface area contributed by atoms with E-state index in [1.54, 1.807) is 7.11 Å². The molecule has 0 aromatic heterocycles. The summed E-state index contributed by atoms with van der Waals surface area (Å²) in [5.74, 6) is 0.276. The molecule has 0 radical (unpaired) electrons. The van der Waals surface area contributed by atoms with Crippen molar-refractivity contribution in [2.24, 2.45) is 11.3 Å². The quantitative estimate of drug-likeness (QED) is 0.776. The van der Waals surface area contributed by atoms with Crippen LogP contribution in [0.1, 0.15) is 33.1 Å². The zero-order chi connectivity index (χ0) is 12.7. The minimum absolute atomic E-state index is 0. The topological polar surface area (TPSA) is 50.4 Å². The smallest absolute Gasteiger partial charge is 0.222 e. The number of amides is 1. The lowest BCUT2D eigenvalue weighted by atomic mass is 9.79. The van der Waals surface area contributed by atoms with E-state index in [0.717, 1.165) is 45.5 Å². The Morgan fingerprint density at radius 1 is 1.44 bits per heavy atom. The summed E-state index contributed by atoms with van der Waals surface area (Å²) >= 11 is 0. The van der Waals surface area contributed by atoms with E-state index in [2.05, 4.69) is 10.6 Å². The third kappa shape index (κ3) is 5.12. The number of hydrogen-bond donors (Lipinski definition) is 2. The Balaban J connectivity index is 0.00000289. The molecule has 0 aromatic carbocycles. The first-order chi connectivity index (χ1) is 8.13. The van der Waals surface area contributed by atoms with Gasteiger partial charge in [-0.3, -0.25) is 4.79 Å². The van der Waals surface area contributed by atoms with Gasteiger partial charge in [0.2, 0.25) is 5.91 Å². The van der Waals surface area contributed by atoms with Crippen LogP contribution in [0.2, 0.25) is 0 Å². The Kier molecular flexibility index (Phi) is 8.57. The Bertz CT molecular complexity index is 238. The van der Waals surface area contributed by atoms with Crippen molar-refractivity contribution in [2.45, 2.75) is 33.1 Å². The van der Waals surface area contributed by atoms with E-state index in [0.29, 0.717) is 0 Å². The lowest BCUT2D eigenvalue weighted by Gasteiger charge is -2.37. The summed E-state index contributed by atoms with van der Waals surface area (Å²) in [4.78, 5) is 11.8. The Morgan fingerprint density at radius 2 is 2.06 bits per heavy atom. The average Bonchev–Trinajstić information content (AvgIpc) is 2.36. The molecular formula is C13H27ClN2O2. The van der Waals surface area contributed by atoms with Crippen molar-refractivity contribution in [1.29, 1.82) is 0 Å². The molecule has 0 aromatic rings. The molecule has 1 fully saturated rings. The molecule has 0 spiro atoms. The molecule has 1 rings (SSSR count). The largest absolute Gasteiger partial charge is 0.384 e. The molecule has 1 heterocycles. The molecule has 1 atom stereocenters. The minimum atomic E-state index is 0. The Hall–Kier alpha value is -0.320. The van der Waals surface area contributed by atoms with Crippen LogP contribution in [0.4, 0.5) is 0 Å². The van der Waals surface area contributed by atoms with Crippen LogP contribution in [0.25, 0.3) is 0 Å². The van der Waals surface area contributed by atoms with E-state index in [1.807, 2.05) is 13.8 Å². The monoisotopic (exact) mass is 278 g/mol. The predicted octanol–water partition coefficient (Wildman–Crippen LogP) is 1.59. The molecule has 18 heavy (non-hydrogen) atoms. The van der Waals surface area contributed by atoms with Crippen molar-refractivity contribution < 1.29 is 9.53 Å². The highest BCUT2D eigenvalue weighted by molar-refractivity contribution is 5.85. The number of halogens is 1. The Morgan fingerprint density at radius 3 is 2.56 bits per heavy atom. The van der Waals surface area contributed by atoms with E-state index >= 15 is 0 Å². The van der Waals surface area contributed by atoms with Crippen LogP contribution >= 0.6 is 12.4 Å². The Labute approximate surface area is 117 Å². The van der Waals surface area contributed by atoms with Crippen LogP contribution in [0.3, 0.4) is 0 Å². The number of methoxy groups -OCH3 is 1. The number of ether oxygens (including phenoxy) is 1. The highest BCUT2D eigenvalue weighted by Gasteiger charge is 2.32. The third-order valence-electron chi connectivity index (χ3n) is 3.81. The molecule has 4 nitrogen and oxygen atoms in total. The van der Waals surface area contributed by atoms with Gasteiger partial charge < -0.3 is 15.4 Å². The van der Waals surface area contributed by atoms with Gasteiger partial charge in [-0.05, 0) is 32.4 Å². The fraction of sp³-hybridized carbons (Fsp3) is 0.923. The van der Waals surface area contributed by atoms with E-state index in [-0.39, 0.29) is 29.6 Å². The SMILES string of the molecule is CCC(C)C(=O)NCC1(COC)CCNCC1.Cl. The van der Waals surface area contributed by atoms with E-state index < -0.39 is 0 Å². The molecule has 0 bridgehead atoms. The van der Waals surface area contributed by atoms with Crippen LogP contribution in [0.15, 0.2) is 0 Å². The first-order valence-corrected chi connectivity index (χ1v) is 6.61. The highest BCUT2D eigenvalue weighted by Crippen LogP contribution is 2.28. The first-order valence-electron chi connectivity index (χ1n) is 6.61. The van der Waals surface area contributed by atoms with Crippen molar-refractivity contribution in [2.75, 3.05) is 33.4 Å². The molecule has 2 N–H and O–H groups in total. The minimum Gasteiger partial charge on any atom is -0.384 e. The summed E-state index contributed by atoms with van der Waals surface area (Å²) in [6.07, 6.45) is 3.04. The maximum absolute atomic E-state index is 11.8. The maximum Gasteiger partial charge on any atom is 0.222 e. The van der Waals surface area contributed by atoms with Gasteiger partial charge in [0.1, 0.15) is 0 Å². The van der Waals surface area contributed by atoms with Crippen LogP contribution in [0, 0.1) is 11.3 Å². The summed E-state index contributed by atoms with van der Waals surface area (Å²) in [5.41, 5.74) is 0.128. The maximum atomic E-state index is 11.8. The number of hydrogen-bond acceptors (Lipinski definition) is 3. The molecule has 1 aliphatic rings. The van der Waals surface area contributed by atoms with Crippen LogP contribution < -0.4 is 10.6 Å². The zero-order valence-corrected chi connectivity index (χ0v) is 12.6. The molecule has 5 heteroatoms. The van der Waals surface area contributed by atoms with Gasteiger partial charge in [0.25, 0.3) is 0 Å². The van der Waals surface area contributed by atoms with Gasteiger partial charge in [-0.25, -0.2) is 0 Å². The second kappa shape index (κ2) is 8.73. The summed E-state index contributed by atoms with van der Waals surface area (Å²) in [7, 11) is 1.74. The number of carbonyl (C=O) groups excluding carboxylic acids is 1. The molecule has 0 aliphatic carbocycles. The number of rotatable bonds is 6. The second-order valence-electron chi connectivity index (χ2n) is 5.21. The number of nitrogens with one attached hydrogen (secondary N) is 2. The molecular weight excluding hydrogens is 252 g/mol. The molecule has 1 aliphatic heterocycles. The third-order valence-corrected chi connectivity index (χ3v) is 3.81. The summed E-state index contributed by atoms with van der Waals surface area (Å²) < 4.78 is 5.32. The lowest BCUT2D eigenvalue weighted by molar-refractivity contribution is -0.125. The predicted molar refractivity (Wildman–Crippen MR) is 76.1 cm³/mol. The molecule has 1 saturated heterocycles. The highest BCUT2D eigenvalue weighted by atomic mass is 35.5. The second-order valence-corrected chi connectivity index (χ2v) is 5.21. The van der Waals surface area contributed by atoms with Gasteiger partial charge in [-0.1, -0.05) is 13.8 Å². The summed E-state index contributed by atoms with van der Waals surface area (Å²) in [5, 5.41) is 6.43. The van der Waals surface area contributed by atoms with Crippen molar-refractivity contribution in [3.63, 3.8) is 0 Å². The summed E-state index contributed by atoms with van der Waals surface area (Å²) in [6.45, 7) is 7.52. The number of carbonyl (C=O) groups is 1. The van der Waals surface area contributed by atoms with Crippen molar-refractivity contribution in [3.05, 3.63) is 0 Å². The van der Waals surface area contributed by atoms with Crippen molar-refractivity contribution in [3.8, 4) is 0 Å². The van der Waals surface area contributed by atoms with E-state index in [4.69, 9.17) is 4.74 Å². The average molecular weight is 279 g/mol. The first kappa shape index (κ1) is 17.7. The summed E-state index contributed by atoms with van der Waals surface area (Å²) in [6, 6.07) is 0. The fourth-order valence-electron chi connectivity index (χ4n) is 2.27. The number of piperidine rings is 1. The van der Waals surface area contributed by atoms with Gasteiger partial charge in [-0.15, -0.1) is 12.4 Å². The fourth-order valence-corrected chi connectivity index (χ4v) is 2.27. The lowest BCUT2D eigenvalue weighted by Crippen LogP contribution is -2.47. The standard InChI is InChI=1S/C13H26N2O2.ClH/c1-4-11(2)12(16)15-9-13(10-17-3)5-7-14-8-6-13;/h11,14H,4-10H2,1-3H3,(H,15,16);1H. The van der Waals surface area contributed by atoms with Gasteiger partial charge in [-0.2, -0.15) is 0 Å². The van der Waals surface area contributed by atoms with Gasteiger partial charge in [0, 0.05) is 25.0 Å².